The Hall–Kier alpha value is -2.38. The Kier molecular flexibility index (Phi) is 4.88. The topological polar surface area (TPSA) is 79.3 Å². The van der Waals surface area contributed by atoms with Crippen molar-refractivity contribution in [1.29, 1.82) is 0 Å². The van der Waals surface area contributed by atoms with Crippen LogP contribution in [0.25, 0.3) is 0 Å². The third kappa shape index (κ3) is 3.44. The van der Waals surface area contributed by atoms with Crippen LogP contribution in [0.1, 0.15) is 5.56 Å². The standard InChI is InChI=1S/C20H24N2O5/c1-26-14-4-2-3-13(11-14)12-21-7-9-22(10-8-21)19(23)17-15-5-6-16(27-15)18(17)20(24)25/h2-6,11,15-18H,7-10,12H2,1H3,(H,24,25)/t15-,16-,17+,18-/m0/s1. The molecule has 4 rings (SSSR count). The lowest BCUT2D eigenvalue weighted by Gasteiger charge is -2.37. The minimum atomic E-state index is -0.957. The second kappa shape index (κ2) is 7.32. The summed E-state index contributed by atoms with van der Waals surface area (Å²) in [5.41, 5.74) is 1.17. The minimum absolute atomic E-state index is 0.0970. The highest BCUT2D eigenvalue weighted by Crippen LogP contribution is 2.40. The fraction of sp³-hybridized carbons (Fsp3) is 0.500. The van der Waals surface area contributed by atoms with E-state index in [0.717, 1.165) is 25.4 Å². The van der Waals surface area contributed by atoms with Gasteiger partial charge in [0.25, 0.3) is 0 Å². The van der Waals surface area contributed by atoms with E-state index in [1.807, 2.05) is 24.3 Å². The van der Waals surface area contributed by atoms with Gasteiger partial charge in [-0.15, -0.1) is 0 Å². The molecular weight excluding hydrogens is 348 g/mol. The number of aliphatic carboxylic acids is 1. The fourth-order valence-electron chi connectivity index (χ4n) is 4.26. The third-order valence-corrected chi connectivity index (χ3v) is 5.69. The Bertz CT molecular complexity index is 756. The number of piperazine rings is 1. The maximum atomic E-state index is 13.0. The monoisotopic (exact) mass is 372 g/mol. The summed E-state index contributed by atoms with van der Waals surface area (Å²) in [6, 6.07) is 7.98. The number of hydrogen-bond donors (Lipinski definition) is 1. The highest BCUT2D eigenvalue weighted by atomic mass is 16.5. The quantitative estimate of drug-likeness (QED) is 0.777. The van der Waals surface area contributed by atoms with E-state index < -0.39 is 30.0 Å². The number of benzene rings is 1. The molecule has 4 atom stereocenters. The Labute approximate surface area is 158 Å². The number of amides is 1. The summed E-state index contributed by atoms with van der Waals surface area (Å²) in [6.07, 6.45) is 2.71. The van der Waals surface area contributed by atoms with Gasteiger partial charge in [0, 0.05) is 32.7 Å². The van der Waals surface area contributed by atoms with Crippen LogP contribution in [0.5, 0.6) is 5.75 Å². The minimum Gasteiger partial charge on any atom is -0.497 e. The van der Waals surface area contributed by atoms with Crippen molar-refractivity contribution >= 4 is 11.9 Å². The number of ether oxygens (including phenoxy) is 2. The lowest BCUT2D eigenvalue weighted by molar-refractivity contribution is -0.150. The van der Waals surface area contributed by atoms with Crippen LogP contribution in [0.2, 0.25) is 0 Å². The van der Waals surface area contributed by atoms with Crippen molar-refractivity contribution in [2.45, 2.75) is 18.8 Å². The molecule has 0 aromatic heterocycles. The molecule has 7 heteroatoms. The first-order valence-corrected chi connectivity index (χ1v) is 9.27. The van der Waals surface area contributed by atoms with Gasteiger partial charge in [0.2, 0.25) is 5.91 Å². The molecule has 2 bridgehead atoms. The second-order valence-corrected chi connectivity index (χ2v) is 7.29. The Morgan fingerprint density at radius 1 is 1.15 bits per heavy atom. The predicted molar refractivity (Wildman–Crippen MR) is 97.3 cm³/mol. The number of rotatable bonds is 5. The van der Waals surface area contributed by atoms with E-state index in [0.29, 0.717) is 13.1 Å². The van der Waals surface area contributed by atoms with Crippen LogP contribution >= 0.6 is 0 Å². The molecule has 27 heavy (non-hydrogen) atoms. The summed E-state index contributed by atoms with van der Waals surface area (Å²) in [5.74, 6) is -1.60. The van der Waals surface area contributed by atoms with Gasteiger partial charge in [-0.25, -0.2) is 0 Å². The highest BCUT2D eigenvalue weighted by Gasteiger charge is 2.54. The lowest BCUT2D eigenvalue weighted by atomic mass is 9.82. The van der Waals surface area contributed by atoms with Gasteiger partial charge in [-0.2, -0.15) is 0 Å². The van der Waals surface area contributed by atoms with E-state index in [1.54, 1.807) is 18.1 Å². The maximum absolute atomic E-state index is 13.0. The number of carbonyl (C=O) groups is 2. The van der Waals surface area contributed by atoms with E-state index >= 15 is 0 Å². The van der Waals surface area contributed by atoms with Crippen molar-refractivity contribution in [2.24, 2.45) is 11.8 Å². The average Bonchev–Trinajstić information content (AvgIpc) is 3.29. The number of carboxylic acids is 1. The van der Waals surface area contributed by atoms with Crippen molar-refractivity contribution < 1.29 is 24.2 Å². The second-order valence-electron chi connectivity index (χ2n) is 7.29. The number of methoxy groups -OCH3 is 1. The molecule has 1 aromatic rings. The molecule has 0 aliphatic carbocycles. The summed E-state index contributed by atoms with van der Waals surface area (Å²) in [6.45, 7) is 3.53. The number of carbonyl (C=O) groups excluding carboxylic acids is 1. The van der Waals surface area contributed by atoms with Crippen molar-refractivity contribution in [3.8, 4) is 5.75 Å². The molecule has 0 spiro atoms. The molecule has 0 unspecified atom stereocenters. The molecule has 0 saturated carbocycles. The molecule has 2 fully saturated rings. The molecule has 7 nitrogen and oxygen atoms in total. The first kappa shape index (κ1) is 18.0. The van der Waals surface area contributed by atoms with E-state index in [9.17, 15) is 14.7 Å². The molecule has 3 aliphatic rings. The number of nitrogens with zero attached hydrogens (tertiary/aromatic N) is 2. The molecule has 1 aromatic carbocycles. The molecule has 3 aliphatic heterocycles. The van der Waals surface area contributed by atoms with E-state index in [2.05, 4.69) is 11.0 Å². The van der Waals surface area contributed by atoms with Gasteiger partial charge in [0.05, 0.1) is 25.2 Å². The normalized spacial score (nSPS) is 29.9. The first-order valence-electron chi connectivity index (χ1n) is 9.27. The van der Waals surface area contributed by atoms with Gasteiger partial charge in [-0.05, 0) is 17.7 Å². The van der Waals surface area contributed by atoms with E-state index in [1.165, 1.54) is 5.56 Å². The molecule has 144 valence electrons. The Morgan fingerprint density at radius 2 is 1.85 bits per heavy atom. The lowest BCUT2D eigenvalue weighted by Crippen LogP contribution is -2.52. The largest absolute Gasteiger partial charge is 0.497 e. The molecule has 1 amide bonds. The van der Waals surface area contributed by atoms with Gasteiger partial charge in [-0.1, -0.05) is 24.3 Å². The average molecular weight is 372 g/mol. The molecule has 1 N–H and O–H groups in total. The number of fused-ring (bicyclic) bond motifs is 2. The maximum Gasteiger partial charge on any atom is 0.310 e. The van der Waals surface area contributed by atoms with Crippen LogP contribution in [0.15, 0.2) is 36.4 Å². The van der Waals surface area contributed by atoms with Crippen LogP contribution in [0.4, 0.5) is 0 Å². The van der Waals surface area contributed by atoms with Crippen LogP contribution < -0.4 is 4.74 Å². The zero-order valence-corrected chi connectivity index (χ0v) is 15.3. The van der Waals surface area contributed by atoms with Gasteiger partial charge in [0.15, 0.2) is 0 Å². The summed E-state index contributed by atoms with van der Waals surface area (Å²) in [5, 5.41) is 9.50. The molecule has 2 saturated heterocycles. The Balaban J connectivity index is 1.35. The van der Waals surface area contributed by atoms with Crippen LogP contribution in [0.3, 0.4) is 0 Å². The first-order chi connectivity index (χ1) is 13.1. The third-order valence-electron chi connectivity index (χ3n) is 5.69. The van der Waals surface area contributed by atoms with Crippen molar-refractivity contribution in [1.82, 2.24) is 9.80 Å². The number of carboxylic acid groups (broad SMARTS) is 1. The van der Waals surface area contributed by atoms with Gasteiger partial charge >= 0.3 is 5.97 Å². The zero-order chi connectivity index (χ0) is 19.0. The molecule has 3 heterocycles. The van der Waals surface area contributed by atoms with Crippen LogP contribution in [-0.4, -0.2) is 72.3 Å². The van der Waals surface area contributed by atoms with Crippen LogP contribution in [-0.2, 0) is 20.9 Å². The van der Waals surface area contributed by atoms with Crippen molar-refractivity contribution in [3.05, 3.63) is 42.0 Å². The summed E-state index contributed by atoms with van der Waals surface area (Å²) >= 11 is 0. The van der Waals surface area contributed by atoms with Gasteiger partial charge in [0.1, 0.15) is 11.7 Å². The van der Waals surface area contributed by atoms with Crippen LogP contribution in [0, 0.1) is 11.8 Å². The smallest absolute Gasteiger partial charge is 0.310 e. The highest BCUT2D eigenvalue weighted by molar-refractivity contribution is 5.87. The summed E-state index contributed by atoms with van der Waals surface area (Å²) in [4.78, 5) is 28.6. The molecule has 0 radical (unpaired) electrons. The van der Waals surface area contributed by atoms with Gasteiger partial charge in [-0.3, -0.25) is 14.5 Å². The Morgan fingerprint density at radius 3 is 2.52 bits per heavy atom. The van der Waals surface area contributed by atoms with Crippen molar-refractivity contribution in [3.63, 3.8) is 0 Å². The predicted octanol–water partition coefficient (Wildman–Crippen LogP) is 0.994. The SMILES string of the molecule is COc1cccc(CN2CCN(C(=O)[C@H]3[C@@H](C(=O)O)[C@@H]4C=C[C@@H]3O4)CC2)c1. The summed E-state index contributed by atoms with van der Waals surface area (Å²) < 4.78 is 10.9. The van der Waals surface area contributed by atoms with E-state index in [4.69, 9.17) is 9.47 Å². The number of hydrogen-bond acceptors (Lipinski definition) is 5. The molecular formula is C20H24N2O5. The summed E-state index contributed by atoms with van der Waals surface area (Å²) in [7, 11) is 1.66. The van der Waals surface area contributed by atoms with E-state index in [-0.39, 0.29) is 5.91 Å². The van der Waals surface area contributed by atoms with Gasteiger partial charge < -0.3 is 19.5 Å². The fourth-order valence-corrected chi connectivity index (χ4v) is 4.26. The zero-order valence-electron chi connectivity index (χ0n) is 15.3. The van der Waals surface area contributed by atoms with Crippen molar-refractivity contribution in [2.75, 3.05) is 33.3 Å².